The summed E-state index contributed by atoms with van der Waals surface area (Å²) in [6, 6.07) is 8.78. The Kier molecular flexibility index (Phi) is 3.99. The minimum atomic E-state index is -0.205. The van der Waals surface area contributed by atoms with Crippen LogP contribution in [0.3, 0.4) is 0 Å². The summed E-state index contributed by atoms with van der Waals surface area (Å²) in [4.78, 5) is 4.51. The molecule has 96 valence electrons. The molecule has 0 atom stereocenters. The normalized spacial score (nSPS) is 10.7. The Bertz CT molecular complexity index is 536. The third-order valence-corrected chi connectivity index (χ3v) is 4.04. The van der Waals surface area contributed by atoms with E-state index in [-0.39, 0.29) is 5.82 Å². The van der Waals surface area contributed by atoms with Crippen molar-refractivity contribution < 1.29 is 4.39 Å². The highest BCUT2D eigenvalue weighted by atomic mass is 32.1. The maximum atomic E-state index is 13.2. The molecule has 0 unspecified atom stereocenters. The molecule has 4 heteroatoms. The first-order valence-electron chi connectivity index (χ1n) is 5.85. The summed E-state index contributed by atoms with van der Waals surface area (Å²) in [5.74, 6) is -0.205. The van der Waals surface area contributed by atoms with Crippen LogP contribution in [0.25, 0.3) is 0 Å². The van der Waals surface area contributed by atoms with Crippen molar-refractivity contribution in [3.8, 4) is 0 Å². The molecule has 0 bridgehead atoms. The van der Waals surface area contributed by atoms with Crippen LogP contribution in [0.5, 0.6) is 0 Å². The highest BCUT2D eigenvalue weighted by Gasteiger charge is 2.08. The Morgan fingerprint density at radius 3 is 2.72 bits per heavy atom. The second-order valence-electron chi connectivity index (χ2n) is 4.33. The first-order valence-corrected chi connectivity index (χ1v) is 6.66. The second-order valence-corrected chi connectivity index (χ2v) is 5.68. The summed E-state index contributed by atoms with van der Waals surface area (Å²) in [6.07, 6.45) is 0. The van der Waals surface area contributed by atoms with Crippen LogP contribution in [0.2, 0.25) is 0 Å². The summed E-state index contributed by atoms with van der Waals surface area (Å²) in [6.45, 7) is 3.44. The zero-order chi connectivity index (χ0) is 13.1. The van der Waals surface area contributed by atoms with Gasteiger partial charge in [0.15, 0.2) is 0 Å². The van der Waals surface area contributed by atoms with Crippen LogP contribution in [0.1, 0.15) is 15.3 Å². The van der Waals surface area contributed by atoms with Crippen molar-refractivity contribution in [1.82, 2.24) is 0 Å². The topological polar surface area (TPSA) is 29.3 Å². The Balaban J connectivity index is 2.15. The number of aryl methyl sites for hydroxylation is 1. The van der Waals surface area contributed by atoms with Gasteiger partial charge in [0.05, 0.1) is 0 Å². The molecule has 0 saturated carbocycles. The summed E-state index contributed by atoms with van der Waals surface area (Å²) in [5.41, 5.74) is 7.78. The van der Waals surface area contributed by atoms with E-state index in [1.54, 1.807) is 23.5 Å². The van der Waals surface area contributed by atoms with Crippen LogP contribution in [-0.2, 0) is 13.1 Å². The molecule has 0 spiro atoms. The third kappa shape index (κ3) is 2.89. The molecule has 1 aromatic carbocycles. The second kappa shape index (κ2) is 5.50. The fraction of sp³-hybridized carbons (Fsp3) is 0.286. The zero-order valence-corrected chi connectivity index (χ0v) is 11.4. The largest absolute Gasteiger partial charge is 0.370 e. The first kappa shape index (κ1) is 13.1. The number of nitrogens with two attached hydrogens (primary N) is 1. The van der Waals surface area contributed by atoms with E-state index < -0.39 is 0 Å². The average molecular weight is 264 g/mol. The molecule has 0 saturated heterocycles. The van der Waals surface area contributed by atoms with E-state index in [0.717, 1.165) is 12.2 Å². The van der Waals surface area contributed by atoms with Crippen LogP contribution in [-0.4, -0.2) is 7.05 Å². The van der Waals surface area contributed by atoms with Gasteiger partial charge in [0.1, 0.15) is 5.82 Å². The molecule has 2 rings (SSSR count). The van der Waals surface area contributed by atoms with Crippen LogP contribution in [0.15, 0.2) is 30.3 Å². The lowest BCUT2D eigenvalue weighted by Crippen LogP contribution is -2.16. The number of halogens is 1. The standard InChI is InChI=1S/C14H17FN2S/c1-10-11(6-14(8-16)18-10)9-17(2)13-5-3-4-12(15)7-13/h3-7H,8-9,16H2,1-2H3. The smallest absolute Gasteiger partial charge is 0.125 e. The van der Waals surface area contributed by atoms with Gasteiger partial charge in [0.2, 0.25) is 0 Å². The molecule has 0 aliphatic heterocycles. The lowest BCUT2D eigenvalue weighted by molar-refractivity contribution is 0.627. The first-order chi connectivity index (χ1) is 8.60. The number of hydrogen-bond donors (Lipinski definition) is 1. The summed E-state index contributed by atoms with van der Waals surface area (Å²) >= 11 is 1.73. The predicted octanol–water partition coefficient (Wildman–Crippen LogP) is 3.29. The van der Waals surface area contributed by atoms with E-state index in [1.165, 1.54) is 21.4 Å². The van der Waals surface area contributed by atoms with Crippen LogP contribution in [0, 0.1) is 12.7 Å². The SMILES string of the molecule is Cc1sc(CN)cc1CN(C)c1cccc(F)c1. The van der Waals surface area contributed by atoms with Gasteiger partial charge in [-0.05, 0) is 36.8 Å². The van der Waals surface area contributed by atoms with E-state index in [9.17, 15) is 4.39 Å². The van der Waals surface area contributed by atoms with E-state index in [0.29, 0.717) is 6.54 Å². The van der Waals surface area contributed by atoms with Gasteiger partial charge < -0.3 is 10.6 Å². The monoisotopic (exact) mass is 264 g/mol. The summed E-state index contributed by atoms with van der Waals surface area (Å²) < 4.78 is 13.2. The number of nitrogens with zero attached hydrogens (tertiary/aromatic N) is 1. The Labute approximate surface area is 111 Å². The van der Waals surface area contributed by atoms with Crippen molar-refractivity contribution in [2.45, 2.75) is 20.0 Å². The van der Waals surface area contributed by atoms with Gasteiger partial charge in [0, 0.05) is 35.6 Å². The third-order valence-electron chi connectivity index (χ3n) is 2.93. The Hall–Kier alpha value is -1.39. The van der Waals surface area contributed by atoms with Crippen molar-refractivity contribution in [3.05, 3.63) is 51.5 Å². The maximum absolute atomic E-state index is 13.2. The molecule has 0 radical (unpaired) electrons. The summed E-state index contributed by atoms with van der Waals surface area (Å²) in [7, 11) is 1.97. The molecule has 1 aromatic heterocycles. The molecular formula is C14H17FN2S. The zero-order valence-electron chi connectivity index (χ0n) is 10.6. The predicted molar refractivity (Wildman–Crippen MR) is 75.5 cm³/mol. The summed E-state index contributed by atoms with van der Waals surface area (Å²) in [5, 5.41) is 0. The van der Waals surface area contributed by atoms with E-state index in [2.05, 4.69) is 13.0 Å². The van der Waals surface area contributed by atoms with E-state index >= 15 is 0 Å². The van der Waals surface area contributed by atoms with Crippen LogP contribution in [0.4, 0.5) is 10.1 Å². The highest BCUT2D eigenvalue weighted by Crippen LogP contribution is 2.24. The van der Waals surface area contributed by atoms with Crippen LogP contribution >= 0.6 is 11.3 Å². The lowest BCUT2D eigenvalue weighted by Gasteiger charge is -2.19. The molecule has 2 nitrogen and oxygen atoms in total. The molecular weight excluding hydrogens is 247 g/mol. The number of anilines is 1. The Morgan fingerprint density at radius 1 is 1.33 bits per heavy atom. The number of rotatable bonds is 4. The van der Waals surface area contributed by atoms with Crippen molar-refractivity contribution in [2.24, 2.45) is 5.73 Å². The van der Waals surface area contributed by atoms with Crippen molar-refractivity contribution in [3.63, 3.8) is 0 Å². The maximum Gasteiger partial charge on any atom is 0.125 e. The Morgan fingerprint density at radius 2 is 2.11 bits per heavy atom. The molecule has 1 heterocycles. The van der Waals surface area contributed by atoms with Gasteiger partial charge in [-0.2, -0.15) is 0 Å². The van der Waals surface area contributed by atoms with Gasteiger partial charge in [-0.15, -0.1) is 11.3 Å². The number of thiophene rings is 1. The van der Waals surface area contributed by atoms with Crippen molar-refractivity contribution >= 4 is 17.0 Å². The van der Waals surface area contributed by atoms with Gasteiger partial charge in [0.25, 0.3) is 0 Å². The highest BCUT2D eigenvalue weighted by molar-refractivity contribution is 7.12. The quantitative estimate of drug-likeness (QED) is 0.918. The number of hydrogen-bond acceptors (Lipinski definition) is 3. The molecule has 2 aromatic rings. The molecule has 0 amide bonds. The van der Waals surface area contributed by atoms with Crippen molar-refractivity contribution in [1.29, 1.82) is 0 Å². The molecule has 0 aliphatic rings. The molecule has 18 heavy (non-hydrogen) atoms. The fourth-order valence-corrected chi connectivity index (χ4v) is 2.84. The van der Waals surface area contributed by atoms with E-state index in [1.807, 2.05) is 18.0 Å². The minimum Gasteiger partial charge on any atom is -0.370 e. The van der Waals surface area contributed by atoms with Crippen molar-refractivity contribution in [2.75, 3.05) is 11.9 Å². The molecule has 0 fully saturated rings. The average Bonchev–Trinajstić information content (AvgIpc) is 2.70. The van der Waals surface area contributed by atoms with Gasteiger partial charge >= 0.3 is 0 Å². The fourth-order valence-electron chi connectivity index (χ4n) is 1.91. The van der Waals surface area contributed by atoms with Gasteiger partial charge in [-0.25, -0.2) is 4.39 Å². The van der Waals surface area contributed by atoms with E-state index in [4.69, 9.17) is 5.73 Å². The van der Waals surface area contributed by atoms with Crippen LogP contribution < -0.4 is 10.6 Å². The minimum absolute atomic E-state index is 0.205. The lowest BCUT2D eigenvalue weighted by atomic mass is 10.2. The van der Waals surface area contributed by atoms with Gasteiger partial charge in [-0.1, -0.05) is 6.07 Å². The molecule has 2 N–H and O–H groups in total. The van der Waals surface area contributed by atoms with Gasteiger partial charge in [-0.3, -0.25) is 0 Å². The molecule has 0 aliphatic carbocycles. The number of benzene rings is 1.